The first-order valence-corrected chi connectivity index (χ1v) is 8.89. The topological polar surface area (TPSA) is 70.2 Å². The fraction of sp³-hybridized carbons (Fsp3) is 0.300. The van der Waals surface area contributed by atoms with Crippen molar-refractivity contribution in [3.8, 4) is 0 Å². The predicted octanol–water partition coefficient (Wildman–Crippen LogP) is 2.94. The summed E-state index contributed by atoms with van der Waals surface area (Å²) in [4.78, 5) is 23.8. The Balaban J connectivity index is 1.81. The van der Waals surface area contributed by atoms with Crippen LogP contribution in [0.5, 0.6) is 0 Å². The second-order valence-electron chi connectivity index (χ2n) is 6.73. The van der Waals surface area contributed by atoms with Crippen molar-refractivity contribution in [2.45, 2.75) is 25.3 Å². The zero-order valence-electron chi connectivity index (χ0n) is 15.2. The van der Waals surface area contributed by atoms with Crippen LogP contribution in [0.4, 0.5) is 18.9 Å². The molecule has 148 valence electrons. The van der Waals surface area contributed by atoms with E-state index in [-0.39, 0.29) is 17.4 Å². The summed E-state index contributed by atoms with van der Waals surface area (Å²) in [5.74, 6) is -3.84. The van der Waals surface area contributed by atoms with Crippen LogP contribution in [-0.4, -0.2) is 30.9 Å². The van der Waals surface area contributed by atoms with Gasteiger partial charge in [0.15, 0.2) is 11.6 Å². The molecule has 2 atom stereocenters. The van der Waals surface area contributed by atoms with Gasteiger partial charge in [-0.25, -0.2) is 13.2 Å². The van der Waals surface area contributed by atoms with Crippen LogP contribution >= 0.6 is 0 Å². The molecular formula is C20H20F3N3O2. The Hall–Kier alpha value is -2.87. The van der Waals surface area contributed by atoms with Crippen molar-refractivity contribution >= 4 is 17.5 Å². The lowest BCUT2D eigenvalue weighted by molar-refractivity contribution is -0.114. The van der Waals surface area contributed by atoms with Crippen LogP contribution in [0.1, 0.15) is 35.2 Å². The Labute approximate surface area is 160 Å². The highest BCUT2D eigenvalue weighted by Crippen LogP contribution is 2.27. The van der Waals surface area contributed by atoms with Crippen molar-refractivity contribution in [1.82, 2.24) is 10.6 Å². The standard InChI is InChI=1S/C20H20F3N3O2/c1-11(27)25-13-3-5-16(21)15(9-13)20(28)26-19-10-24-7-6-14(19)12-2-4-17(22)18(23)8-12/h2-5,8-9,14,19,24H,6-7,10H2,1H3,(H,25,27)(H,26,28). The van der Waals surface area contributed by atoms with E-state index >= 15 is 0 Å². The van der Waals surface area contributed by atoms with Gasteiger partial charge in [0.1, 0.15) is 5.82 Å². The Morgan fingerprint density at radius 3 is 2.50 bits per heavy atom. The van der Waals surface area contributed by atoms with E-state index in [2.05, 4.69) is 16.0 Å². The van der Waals surface area contributed by atoms with E-state index in [0.29, 0.717) is 30.8 Å². The second-order valence-corrected chi connectivity index (χ2v) is 6.73. The molecule has 1 fully saturated rings. The van der Waals surface area contributed by atoms with Crippen molar-refractivity contribution in [3.05, 3.63) is 65.0 Å². The maximum Gasteiger partial charge on any atom is 0.254 e. The van der Waals surface area contributed by atoms with Gasteiger partial charge in [-0.3, -0.25) is 9.59 Å². The van der Waals surface area contributed by atoms with E-state index in [4.69, 9.17) is 0 Å². The summed E-state index contributed by atoms with van der Waals surface area (Å²) in [7, 11) is 0. The summed E-state index contributed by atoms with van der Waals surface area (Å²) in [6.45, 7) is 2.37. The van der Waals surface area contributed by atoms with Crippen LogP contribution in [0.2, 0.25) is 0 Å². The lowest BCUT2D eigenvalue weighted by Crippen LogP contribution is -2.50. The molecule has 8 heteroatoms. The van der Waals surface area contributed by atoms with Gasteiger partial charge in [-0.2, -0.15) is 0 Å². The predicted molar refractivity (Wildman–Crippen MR) is 98.5 cm³/mol. The molecule has 1 aliphatic heterocycles. The fourth-order valence-corrected chi connectivity index (χ4v) is 3.38. The molecule has 3 rings (SSSR count). The van der Waals surface area contributed by atoms with E-state index in [9.17, 15) is 22.8 Å². The molecular weight excluding hydrogens is 371 g/mol. The highest BCUT2D eigenvalue weighted by molar-refractivity contribution is 5.97. The molecule has 1 heterocycles. The summed E-state index contributed by atoms with van der Waals surface area (Å²) in [6.07, 6.45) is 0.602. The molecule has 0 saturated carbocycles. The van der Waals surface area contributed by atoms with Crippen molar-refractivity contribution in [1.29, 1.82) is 0 Å². The van der Waals surface area contributed by atoms with Crippen LogP contribution in [-0.2, 0) is 4.79 Å². The van der Waals surface area contributed by atoms with Crippen LogP contribution in [0.3, 0.4) is 0 Å². The summed E-state index contributed by atoms with van der Waals surface area (Å²) < 4.78 is 41.0. The number of halogens is 3. The first kappa shape index (κ1) is 19.9. The van der Waals surface area contributed by atoms with Crippen molar-refractivity contribution in [2.75, 3.05) is 18.4 Å². The number of hydrogen-bond acceptors (Lipinski definition) is 3. The molecule has 0 aliphatic carbocycles. The van der Waals surface area contributed by atoms with Gasteiger partial charge in [-0.05, 0) is 48.9 Å². The zero-order valence-corrected chi connectivity index (χ0v) is 15.2. The first-order valence-electron chi connectivity index (χ1n) is 8.89. The van der Waals surface area contributed by atoms with Crippen LogP contribution < -0.4 is 16.0 Å². The lowest BCUT2D eigenvalue weighted by Gasteiger charge is -2.33. The number of anilines is 1. The van der Waals surface area contributed by atoms with E-state index in [1.807, 2.05) is 0 Å². The van der Waals surface area contributed by atoms with Gasteiger partial charge in [0.05, 0.1) is 5.56 Å². The molecule has 0 bridgehead atoms. The van der Waals surface area contributed by atoms with E-state index in [1.54, 1.807) is 0 Å². The number of nitrogens with one attached hydrogen (secondary N) is 3. The number of carbonyl (C=O) groups is 2. The van der Waals surface area contributed by atoms with Crippen LogP contribution in [0.15, 0.2) is 36.4 Å². The Kier molecular flexibility index (Phi) is 5.99. The minimum Gasteiger partial charge on any atom is -0.347 e. The quantitative estimate of drug-likeness (QED) is 0.751. The average Bonchev–Trinajstić information content (AvgIpc) is 2.65. The number of amides is 2. The highest BCUT2D eigenvalue weighted by Gasteiger charge is 2.29. The van der Waals surface area contributed by atoms with Gasteiger partial charge in [0.25, 0.3) is 5.91 Å². The Morgan fingerprint density at radius 1 is 1.04 bits per heavy atom. The molecule has 2 aromatic carbocycles. The Bertz CT molecular complexity index is 904. The summed E-state index contributed by atoms with van der Waals surface area (Å²) in [5, 5.41) is 8.41. The first-order chi connectivity index (χ1) is 13.3. The number of hydrogen-bond donors (Lipinski definition) is 3. The van der Waals surface area contributed by atoms with Crippen molar-refractivity contribution < 1.29 is 22.8 Å². The molecule has 2 unspecified atom stereocenters. The number of piperidine rings is 1. The Morgan fingerprint density at radius 2 is 1.79 bits per heavy atom. The minimum absolute atomic E-state index is 0.208. The molecule has 5 nitrogen and oxygen atoms in total. The molecule has 0 aromatic heterocycles. The molecule has 28 heavy (non-hydrogen) atoms. The average molecular weight is 391 g/mol. The molecule has 2 amide bonds. The van der Waals surface area contributed by atoms with Crippen molar-refractivity contribution in [3.63, 3.8) is 0 Å². The zero-order chi connectivity index (χ0) is 20.3. The molecule has 0 radical (unpaired) electrons. The molecule has 3 N–H and O–H groups in total. The van der Waals surface area contributed by atoms with Crippen molar-refractivity contribution in [2.24, 2.45) is 0 Å². The molecule has 0 spiro atoms. The monoisotopic (exact) mass is 391 g/mol. The summed E-state index contributed by atoms with van der Waals surface area (Å²) >= 11 is 0. The second kappa shape index (κ2) is 8.43. The smallest absolute Gasteiger partial charge is 0.254 e. The minimum atomic E-state index is -0.949. The number of benzene rings is 2. The van der Waals surface area contributed by atoms with Crippen LogP contribution in [0, 0.1) is 17.5 Å². The fourth-order valence-electron chi connectivity index (χ4n) is 3.38. The van der Waals surface area contributed by atoms with E-state index in [1.165, 1.54) is 25.1 Å². The van der Waals surface area contributed by atoms with Crippen LogP contribution in [0.25, 0.3) is 0 Å². The van der Waals surface area contributed by atoms with Gasteiger partial charge < -0.3 is 16.0 Å². The maximum absolute atomic E-state index is 14.1. The molecule has 2 aromatic rings. The van der Waals surface area contributed by atoms with E-state index < -0.39 is 29.4 Å². The lowest BCUT2D eigenvalue weighted by atomic mass is 9.85. The van der Waals surface area contributed by atoms with Gasteiger partial charge >= 0.3 is 0 Å². The number of carbonyl (C=O) groups excluding carboxylic acids is 2. The van der Waals surface area contributed by atoms with Gasteiger partial charge in [-0.15, -0.1) is 0 Å². The third kappa shape index (κ3) is 4.51. The van der Waals surface area contributed by atoms with Gasteiger partial charge in [0, 0.05) is 31.1 Å². The van der Waals surface area contributed by atoms with Gasteiger partial charge in [0.2, 0.25) is 5.91 Å². The summed E-state index contributed by atoms with van der Waals surface area (Å²) in [6, 6.07) is 6.96. The largest absolute Gasteiger partial charge is 0.347 e. The SMILES string of the molecule is CC(=O)Nc1ccc(F)c(C(=O)NC2CNCCC2c2ccc(F)c(F)c2)c1. The number of rotatable bonds is 4. The third-order valence-corrected chi connectivity index (χ3v) is 4.70. The molecule has 1 saturated heterocycles. The summed E-state index contributed by atoms with van der Waals surface area (Å²) in [5.41, 5.74) is 0.664. The van der Waals surface area contributed by atoms with Gasteiger partial charge in [-0.1, -0.05) is 6.07 Å². The highest BCUT2D eigenvalue weighted by atomic mass is 19.2. The van der Waals surface area contributed by atoms with E-state index in [0.717, 1.165) is 18.2 Å². The third-order valence-electron chi connectivity index (χ3n) is 4.70. The normalized spacial score (nSPS) is 19.1. The molecule has 1 aliphatic rings. The maximum atomic E-state index is 14.1.